The molecule has 0 rings (SSSR count). The first-order chi connectivity index (χ1) is 5.81. The van der Waals surface area contributed by atoms with Gasteiger partial charge in [-0.2, -0.15) is 0 Å². The van der Waals surface area contributed by atoms with E-state index < -0.39 is 8.32 Å². The summed E-state index contributed by atoms with van der Waals surface area (Å²) < 4.78 is 5.98. The van der Waals surface area contributed by atoms with Gasteiger partial charge >= 0.3 is 0 Å². The lowest BCUT2D eigenvalue weighted by atomic mass is 10.2. The third-order valence-corrected chi connectivity index (χ3v) is 7.41. The van der Waals surface area contributed by atoms with Crippen LogP contribution in [0, 0.1) is 0 Å². The van der Waals surface area contributed by atoms with Crippen LogP contribution in [0.15, 0.2) is 0 Å². The maximum Gasteiger partial charge on any atom is 0.191 e. The molecule has 0 saturated carbocycles. The van der Waals surface area contributed by atoms with Crippen LogP contribution < -0.4 is 5.73 Å². The Morgan fingerprint density at radius 1 is 1.14 bits per heavy atom. The highest BCUT2D eigenvalue weighted by molar-refractivity contribution is 6.74. The minimum Gasteiger partial charge on any atom is -0.417 e. The molecule has 0 amide bonds. The van der Waals surface area contributed by atoms with Crippen LogP contribution in [0.4, 0.5) is 0 Å². The standard InChI is InChI=1S/C10H25NOSi.ClH/c1-10(2,3)13(4,5)12-9-7-6-8-11;/h6-9,11H2,1-5H3;1H. The molecule has 2 nitrogen and oxygen atoms in total. The van der Waals surface area contributed by atoms with Gasteiger partial charge in [0.15, 0.2) is 8.32 Å². The van der Waals surface area contributed by atoms with E-state index in [0.29, 0.717) is 5.04 Å². The second kappa shape index (κ2) is 6.83. The van der Waals surface area contributed by atoms with Gasteiger partial charge in [-0.3, -0.25) is 0 Å². The van der Waals surface area contributed by atoms with Gasteiger partial charge in [-0.25, -0.2) is 0 Å². The van der Waals surface area contributed by atoms with Gasteiger partial charge in [0.2, 0.25) is 0 Å². The van der Waals surface area contributed by atoms with Crippen molar-refractivity contribution in [2.75, 3.05) is 13.2 Å². The monoisotopic (exact) mass is 239 g/mol. The van der Waals surface area contributed by atoms with E-state index in [0.717, 1.165) is 26.0 Å². The molecule has 0 heterocycles. The van der Waals surface area contributed by atoms with E-state index in [9.17, 15) is 0 Å². The Morgan fingerprint density at radius 2 is 1.64 bits per heavy atom. The van der Waals surface area contributed by atoms with E-state index >= 15 is 0 Å². The quantitative estimate of drug-likeness (QED) is 0.591. The summed E-state index contributed by atoms with van der Waals surface area (Å²) in [5.41, 5.74) is 5.42. The Balaban J connectivity index is 0. The topological polar surface area (TPSA) is 35.2 Å². The molecule has 0 spiro atoms. The molecule has 0 aromatic heterocycles. The smallest absolute Gasteiger partial charge is 0.191 e. The van der Waals surface area contributed by atoms with Crippen LogP contribution >= 0.6 is 12.4 Å². The van der Waals surface area contributed by atoms with Gasteiger partial charge < -0.3 is 10.2 Å². The normalized spacial score (nSPS) is 12.4. The fraction of sp³-hybridized carbons (Fsp3) is 1.00. The zero-order valence-electron chi connectivity index (χ0n) is 10.2. The third kappa shape index (κ3) is 6.01. The summed E-state index contributed by atoms with van der Waals surface area (Å²) >= 11 is 0. The van der Waals surface area contributed by atoms with E-state index in [2.05, 4.69) is 33.9 Å². The minimum absolute atomic E-state index is 0. The second-order valence-corrected chi connectivity index (χ2v) is 9.91. The first-order valence-electron chi connectivity index (χ1n) is 5.15. The predicted molar refractivity (Wildman–Crippen MR) is 68.7 cm³/mol. The summed E-state index contributed by atoms with van der Waals surface area (Å²) in [5, 5.41) is 0.329. The fourth-order valence-electron chi connectivity index (χ4n) is 0.790. The number of nitrogens with two attached hydrogens (primary N) is 1. The number of halogens is 1. The van der Waals surface area contributed by atoms with Crippen LogP contribution in [0.2, 0.25) is 18.1 Å². The van der Waals surface area contributed by atoms with Crippen molar-refractivity contribution in [3.63, 3.8) is 0 Å². The summed E-state index contributed by atoms with van der Waals surface area (Å²) in [6.45, 7) is 13.0. The highest BCUT2D eigenvalue weighted by Crippen LogP contribution is 2.36. The minimum atomic E-state index is -1.50. The Hall–Kier alpha value is 0.427. The van der Waals surface area contributed by atoms with E-state index in [1.165, 1.54) is 0 Å². The SMILES string of the molecule is CC(C)(C)[Si](C)(C)OCCCCN.Cl. The molecule has 0 aromatic rings. The predicted octanol–water partition coefficient (Wildman–Crippen LogP) is 3.17. The van der Waals surface area contributed by atoms with Crippen LogP contribution in [0.25, 0.3) is 0 Å². The Morgan fingerprint density at radius 3 is 2.00 bits per heavy atom. The molecular weight excluding hydrogens is 214 g/mol. The van der Waals surface area contributed by atoms with Gasteiger partial charge in [0, 0.05) is 6.61 Å². The van der Waals surface area contributed by atoms with Crippen molar-refractivity contribution in [3.05, 3.63) is 0 Å². The zero-order valence-corrected chi connectivity index (χ0v) is 12.0. The van der Waals surface area contributed by atoms with Gasteiger partial charge in [0.05, 0.1) is 0 Å². The average molecular weight is 240 g/mol. The molecule has 0 fully saturated rings. The van der Waals surface area contributed by atoms with Gasteiger partial charge in [0.1, 0.15) is 0 Å². The lowest BCUT2D eigenvalue weighted by molar-refractivity contribution is 0.280. The van der Waals surface area contributed by atoms with Crippen molar-refractivity contribution in [1.29, 1.82) is 0 Å². The highest BCUT2D eigenvalue weighted by Gasteiger charge is 2.36. The molecule has 0 bridgehead atoms. The van der Waals surface area contributed by atoms with Crippen molar-refractivity contribution in [3.8, 4) is 0 Å². The third-order valence-electron chi connectivity index (χ3n) is 2.87. The van der Waals surface area contributed by atoms with Crippen LogP contribution in [0.3, 0.4) is 0 Å². The molecule has 0 aromatic carbocycles. The van der Waals surface area contributed by atoms with Crippen molar-refractivity contribution >= 4 is 20.7 Å². The van der Waals surface area contributed by atoms with Gasteiger partial charge in [-0.05, 0) is 37.5 Å². The zero-order chi connectivity index (χ0) is 10.5. The van der Waals surface area contributed by atoms with Gasteiger partial charge in [0.25, 0.3) is 0 Å². The van der Waals surface area contributed by atoms with E-state index in [4.69, 9.17) is 10.2 Å². The average Bonchev–Trinajstić information content (AvgIpc) is 1.96. The molecule has 2 N–H and O–H groups in total. The Kier molecular flexibility index (Phi) is 8.21. The molecule has 0 aliphatic rings. The fourth-order valence-corrected chi connectivity index (χ4v) is 1.88. The molecular formula is C10H26ClNOSi. The summed E-state index contributed by atoms with van der Waals surface area (Å²) in [4.78, 5) is 0. The first kappa shape index (κ1) is 16.8. The van der Waals surface area contributed by atoms with E-state index in [-0.39, 0.29) is 12.4 Å². The lowest BCUT2D eigenvalue weighted by Crippen LogP contribution is -2.41. The van der Waals surface area contributed by atoms with Crippen molar-refractivity contribution in [2.24, 2.45) is 5.73 Å². The van der Waals surface area contributed by atoms with Crippen molar-refractivity contribution < 1.29 is 4.43 Å². The first-order valence-corrected chi connectivity index (χ1v) is 8.06. The molecule has 0 radical (unpaired) electrons. The van der Waals surface area contributed by atoms with Crippen molar-refractivity contribution in [1.82, 2.24) is 0 Å². The van der Waals surface area contributed by atoms with Crippen LogP contribution in [-0.2, 0) is 4.43 Å². The lowest BCUT2D eigenvalue weighted by Gasteiger charge is -2.36. The van der Waals surface area contributed by atoms with E-state index in [1.54, 1.807) is 0 Å². The van der Waals surface area contributed by atoms with Crippen LogP contribution in [0.1, 0.15) is 33.6 Å². The van der Waals surface area contributed by atoms with Crippen LogP contribution in [-0.4, -0.2) is 21.5 Å². The summed E-state index contributed by atoms with van der Waals surface area (Å²) in [6, 6.07) is 0. The van der Waals surface area contributed by atoms with Crippen molar-refractivity contribution in [2.45, 2.75) is 51.7 Å². The molecule has 88 valence electrons. The number of rotatable bonds is 5. The second-order valence-electron chi connectivity index (χ2n) is 5.10. The van der Waals surface area contributed by atoms with Crippen LogP contribution in [0.5, 0.6) is 0 Å². The van der Waals surface area contributed by atoms with Gasteiger partial charge in [-0.1, -0.05) is 20.8 Å². The molecule has 0 atom stereocenters. The molecule has 0 unspecified atom stereocenters. The summed E-state index contributed by atoms with van der Waals surface area (Å²) in [7, 11) is -1.50. The highest BCUT2D eigenvalue weighted by atomic mass is 35.5. The Labute approximate surface area is 96.1 Å². The number of hydrogen-bond donors (Lipinski definition) is 1. The molecule has 4 heteroatoms. The maximum absolute atomic E-state index is 5.98. The number of unbranched alkanes of at least 4 members (excludes halogenated alkanes) is 1. The molecule has 0 aliphatic heterocycles. The van der Waals surface area contributed by atoms with E-state index in [1.807, 2.05) is 0 Å². The number of hydrogen-bond acceptors (Lipinski definition) is 2. The molecule has 0 aliphatic carbocycles. The summed E-state index contributed by atoms with van der Waals surface area (Å²) in [6.07, 6.45) is 2.18. The van der Waals surface area contributed by atoms with Gasteiger partial charge in [-0.15, -0.1) is 12.4 Å². The molecule has 0 saturated heterocycles. The molecule has 14 heavy (non-hydrogen) atoms. The largest absolute Gasteiger partial charge is 0.417 e. The Bertz CT molecular complexity index is 146. The summed E-state index contributed by atoms with van der Waals surface area (Å²) in [5.74, 6) is 0. The maximum atomic E-state index is 5.98.